The Hall–Kier alpha value is -1.99. The molecule has 1 aromatic carbocycles. The van der Waals surface area contributed by atoms with Crippen LogP contribution in [0, 0.1) is 5.92 Å². The number of carboxylic acids is 2. The lowest BCUT2D eigenvalue weighted by atomic mass is 10.0. The second-order valence-electron chi connectivity index (χ2n) is 4.93. The van der Waals surface area contributed by atoms with E-state index in [1.54, 1.807) is 0 Å². The number of aryl methyl sites for hydroxylation is 1. The summed E-state index contributed by atoms with van der Waals surface area (Å²) in [5.74, 6) is -3.19. The highest BCUT2D eigenvalue weighted by Gasteiger charge is 2.22. The van der Waals surface area contributed by atoms with Gasteiger partial charge in [0.05, 0.1) is 12.5 Å². The summed E-state index contributed by atoms with van der Waals surface area (Å²) in [5.41, 5.74) is 1.07. The molecule has 7 heteroatoms. The molecule has 1 rings (SSSR count). The lowest BCUT2D eigenvalue weighted by Gasteiger charge is -2.21. The third-order valence-corrected chi connectivity index (χ3v) is 3.62. The average molecular weight is 325 g/mol. The van der Waals surface area contributed by atoms with Crippen LogP contribution in [-0.2, 0) is 16.0 Å². The van der Waals surface area contributed by atoms with E-state index < -0.39 is 17.9 Å². The molecule has 6 nitrogen and oxygen atoms in total. The van der Waals surface area contributed by atoms with Crippen molar-refractivity contribution in [1.29, 1.82) is 0 Å². The molecule has 22 heavy (non-hydrogen) atoms. The molecule has 0 aliphatic heterocycles. The highest BCUT2D eigenvalue weighted by Crippen LogP contribution is 2.11. The molecular formula is C15H19NO5S. The Morgan fingerprint density at radius 2 is 1.77 bits per heavy atom. The van der Waals surface area contributed by atoms with E-state index >= 15 is 0 Å². The zero-order valence-electron chi connectivity index (χ0n) is 12.0. The van der Waals surface area contributed by atoms with Crippen molar-refractivity contribution in [2.45, 2.75) is 25.7 Å². The molecule has 0 saturated heterocycles. The molecular weight excluding hydrogens is 306 g/mol. The normalized spacial score (nSPS) is 11.7. The minimum atomic E-state index is -1.15. The van der Waals surface area contributed by atoms with E-state index in [0.29, 0.717) is 12.8 Å². The summed E-state index contributed by atoms with van der Waals surface area (Å²) >= 11 is 5.08. The number of nitrogens with zero attached hydrogens (tertiary/aromatic N) is 1. The third kappa shape index (κ3) is 6.64. The van der Waals surface area contributed by atoms with Crippen LogP contribution in [0.15, 0.2) is 30.3 Å². The molecule has 0 amide bonds. The summed E-state index contributed by atoms with van der Waals surface area (Å²) < 4.78 is 0. The van der Waals surface area contributed by atoms with Gasteiger partial charge in [-0.2, -0.15) is 0 Å². The van der Waals surface area contributed by atoms with Crippen LogP contribution in [0.1, 0.15) is 24.8 Å². The zero-order valence-corrected chi connectivity index (χ0v) is 12.8. The van der Waals surface area contributed by atoms with Gasteiger partial charge in [-0.05, 0) is 18.4 Å². The Balaban J connectivity index is 2.46. The van der Waals surface area contributed by atoms with Crippen LogP contribution in [0.3, 0.4) is 0 Å². The lowest BCUT2D eigenvalue weighted by Crippen LogP contribution is -2.35. The smallest absolute Gasteiger partial charge is 0.308 e. The maximum Gasteiger partial charge on any atom is 0.308 e. The van der Waals surface area contributed by atoms with Crippen molar-refractivity contribution in [3.05, 3.63) is 35.9 Å². The second kappa shape index (κ2) is 9.11. The number of hydroxylamine groups is 2. The van der Waals surface area contributed by atoms with Gasteiger partial charge in [-0.15, -0.1) is 0 Å². The summed E-state index contributed by atoms with van der Waals surface area (Å²) in [4.78, 5) is 21.8. The first-order chi connectivity index (χ1) is 10.4. The van der Waals surface area contributed by atoms with E-state index in [0.717, 1.165) is 10.6 Å². The fourth-order valence-corrected chi connectivity index (χ4v) is 2.10. The standard InChI is InChI=1S/C15H19NO5S/c17-14(18)9-7-12(15(19)20)10-16(21)13(22)8-6-11-4-2-1-3-5-11/h1-5,12,21H,6-10H2,(H,17,18)(H,19,20). The Morgan fingerprint density at radius 3 is 2.32 bits per heavy atom. The second-order valence-corrected chi connectivity index (χ2v) is 5.40. The molecule has 120 valence electrons. The van der Waals surface area contributed by atoms with Crippen LogP contribution >= 0.6 is 12.2 Å². The third-order valence-electron chi connectivity index (χ3n) is 3.21. The van der Waals surface area contributed by atoms with Crippen molar-refractivity contribution in [3.63, 3.8) is 0 Å². The number of rotatable bonds is 9. The molecule has 0 aliphatic carbocycles. The van der Waals surface area contributed by atoms with Crippen LogP contribution < -0.4 is 0 Å². The van der Waals surface area contributed by atoms with Gasteiger partial charge < -0.3 is 10.2 Å². The van der Waals surface area contributed by atoms with Crippen LogP contribution in [0.4, 0.5) is 0 Å². The molecule has 1 unspecified atom stereocenters. The Morgan fingerprint density at radius 1 is 1.14 bits per heavy atom. The fourth-order valence-electron chi connectivity index (χ4n) is 1.93. The van der Waals surface area contributed by atoms with Gasteiger partial charge in [-0.3, -0.25) is 14.8 Å². The number of hydrogen-bond donors (Lipinski definition) is 3. The average Bonchev–Trinajstić information content (AvgIpc) is 2.49. The fraction of sp³-hybridized carbons (Fsp3) is 0.400. The molecule has 1 aromatic rings. The van der Waals surface area contributed by atoms with Crippen molar-refractivity contribution < 1.29 is 25.0 Å². The van der Waals surface area contributed by atoms with Crippen molar-refractivity contribution in [2.75, 3.05) is 6.54 Å². The molecule has 0 fully saturated rings. The van der Waals surface area contributed by atoms with Crippen LogP contribution in [0.5, 0.6) is 0 Å². The molecule has 0 radical (unpaired) electrons. The van der Waals surface area contributed by atoms with Gasteiger partial charge in [0.2, 0.25) is 0 Å². The quantitative estimate of drug-likeness (QED) is 0.473. The maximum atomic E-state index is 11.1. The first-order valence-electron chi connectivity index (χ1n) is 6.88. The van der Waals surface area contributed by atoms with Gasteiger partial charge in [0.1, 0.15) is 4.99 Å². The number of hydrogen-bond acceptors (Lipinski definition) is 4. The molecule has 1 atom stereocenters. The van der Waals surface area contributed by atoms with Crippen LogP contribution in [-0.4, -0.2) is 44.0 Å². The van der Waals surface area contributed by atoms with Crippen molar-refractivity contribution >= 4 is 29.1 Å². The van der Waals surface area contributed by atoms with E-state index in [4.69, 9.17) is 22.4 Å². The van der Waals surface area contributed by atoms with E-state index in [1.807, 2.05) is 30.3 Å². The Kier molecular flexibility index (Phi) is 7.48. The largest absolute Gasteiger partial charge is 0.481 e. The van der Waals surface area contributed by atoms with Crippen LogP contribution in [0.2, 0.25) is 0 Å². The van der Waals surface area contributed by atoms with Gasteiger partial charge in [0, 0.05) is 12.8 Å². The highest BCUT2D eigenvalue weighted by molar-refractivity contribution is 7.80. The highest BCUT2D eigenvalue weighted by atomic mass is 32.1. The summed E-state index contributed by atoms with van der Waals surface area (Å²) in [5, 5.41) is 28.3. The number of thiocarbonyl (C=S) groups is 1. The van der Waals surface area contributed by atoms with E-state index in [1.165, 1.54) is 0 Å². The van der Waals surface area contributed by atoms with Gasteiger partial charge in [-0.1, -0.05) is 42.5 Å². The van der Waals surface area contributed by atoms with E-state index in [2.05, 4.69) is 0 Å². The van der Waals surface area contributed by atoms with Crippen molar-refractivity contribution in [2.24, 2.45) is 5.92 Å². The first kappa shape index (κ1) is 18.1. The summed E-state index contributed by atoms with van der Waals surface area (Å²) in [7, 11) is 0. The molecule has 0 spiro atoms. The van der Waals surface area contributed by atoms with Gasteiger partial charge >= 0.3 is 11.9 Å². The minimum absolute atomic E-state index is 0.0526. The molecule has 0 aromatic heterocycles. The molecule has 0 bridgehead atoms. The topological polar surface area (TPSA) is 98.1 Å². The zero-order chi connectivity index (χ0) is 16.5. The number of carbonyl (C=O) groups is 2. The summed E-state index contributed by atoms with van der Waals surface area (Å²) in [6.07, 6.45) is 0.745. The molecule has 3 N–H and O–H groups in total. The summed E-state index contributed by atoms with van der Waals surface area (Å²) in [6.45, 7) is -0.212. The number of carboxylic acid groups (broad SMARTS) is 2. The van der Waals surface area contributed by atoms with Crippen molar-refractivity contribution in [1.82, 2.24) is 5.06 Å². The van der Waals surface area contributed by atoms with E-state index in [-0.39, 0.29) is 24.4 Å². The first-order valence-corrected chi connectivity index (χ1v) is 7.28. The maximum absolute atomic E-state index is 11.1. The number of benzene rings is 1. The van der Waals surface area contributed by atoms with Gasteiger partial charge in [-0.25, -0.2) is 5.06 Å². The van der Waals surface area contributed by atoms with Gasteiger partial charge in [0.15, 0.2) is 0 Å². The van der Waals surface area contributed by atoms with E-state index in [9.17, 15) is 14.8 Å². The Bertz CT molecular complexity index is 520. The number of aliphatic carboxylic acids is 2. The molecule has 0 aliphatic rings. The SMILES string of the molecule is O=C(O)CCC(CN(O)C(=S)CCc1ccccc1)C(=O)O. The minimum Gasteiger partial charge on any atom is -0.481 e. The predicted molar refractivity (Wildman–Crippen MR) is 83.8 cm³/mol. The van der Waals surface area contributed by atoms with Gasteiger partial charge in [0.25, 0.3) is 0 Å². The van der Waals surface area contributed by atoms with Crippen LogP contribution in [0.25, 0.3) is 0 Å². The predicted octanol–water partition coefficient (Wildman–Crippen LogP) is 2.20. The molecule has 0 heterocycles. The monoisotopic (exact) mass is 325 g/mol. The summed E-state index contributed by atoms with van der Waals surface area (Å²) in [6, 6.07) is 9.59. The lowest BCUT2D eigenvalue weighted by molar-refractivity contribution is -0.146. The van der Waals surface area contributed by atoms with Crippen molar-refractivity contribution in [3.8, 4) is 0 Å². The molecule has 0 saturated carbocycles. The Labute approximate surface area is 133 Å².